The predicted octanol–water partition coefficient (Wildman–Crippen LogP) is -1.78. The van der Waals surface area contributed by atoms with Crippen LogP contribution in [0.15, 0.2) is 25.0 Å². The Labute approximate surface area is 200 Å². The fourth-order valence-electron chi connectivity index (χ4n) is 3.77. The van der Waals surface area contributed by atoms with Crippen molar-refractivity contribution in [1.29, 1.82) is 0 Å². The van der Waals surface area contributed by atoms with Crippen LogP contribution < -0.4 is 16.4 Å². The molecule has 184 valence electrons. The first kappa shape index (κ1) is 25.2. The summed E-state index contributed by atoms with van der Waals surface area (Å²) in [4.78, 5) is 65.0. The van der Waals surface area contributed by atoms with E-state index in [4.69, 9.17) is 5.73 Å². The SMILES string of the molecule is NC(Cc1cnc[nH]1)C(=O)NC(CS)C(=O)NC(Cc1cnc[nH]1)C(=O)N1CCCC1C(=O)O. The number of rotatable bonds is 11. The van der Waals surface area contributed by atoms with Crippen molar-refractivity contribution in [2.45, 2.75) is 49.9 Å². The maximum Gasteiger partial charge on any atom is 0.326 e. The van der Waals surface area contributed by atoms with Crippen LogP contribution in [0.1, 0.15) is 24.2 Å². The summed E-state index contributed by atoms with van der Waals surface area (Å²) in [6.07, 6.45) is 7.12. The summed E-state index contributed by atoms with van der Waals surface area (Å²) < 4.78 is 0. The number of nitrogens with zero attached hydrogens (tertiary/aromatic N) is 3. The molecule has 0 bridgehead atoms. The van der Waals surface area contributed by atoms with Gasteiger partial charge in [-0.05, 0) is 12.8 Å². The van der Waals surface area contributed by atoms with E-state index in [1.165, 1.54) is 23.8 Å². The minimum Gasteiger partial charge on any atom is -0.480 e. The molecule has 2 aromatic heterocycles. The van der Waals surface area contributed by atoms with Crippen molar-refractivity contribution >= 4 is 36.3 Å². The van der Waals surface area contributed by atoms with Crippen LogP contribution in [0.2, 0.25) is 0 Å². The Bertz CT molecular complexity index is 983. The molecule has 1 aliphatic heterocycles. The molecule has 7 N–H and O–H groups in total. The van der Waals surface area contributed by atoms with Crippen LogP contribution in [-0.2, 0) is 32.0 Å². The molecular weight excluding hydrogens is 464 g/mol. The van der Waals surface area contributed by atoms with Crippen molar-refractivity contribution in [1.82, 2.24) is 35.5 Å². The monoisotopic (exact) mass is 492 g/mol. The Morgan fingerprint density at radius 1 is 1.09 bits per heavy atom. The number of carboxylic acids is 1. The summed E-state index contributed by atoms with van der Waals surface area (Å²) >= 11 is 4.16. The van der Waals surface area contributed by atoms with Crippen molar-refractivity contribution in [2.24, 2.45) is 5.73 Å². The molecule has 0 aliphatic carbocycles. The maximum absolute atomic E-state index is 13.2. The molecule has 0 spiro atoms. The van der Waals surface area contributed by atoms with Gasteiger partial charge in [-0.15, -0.1) is 0 Å². The van der Waals surface area contributed by atoms with E-state index in [0.717, 1.165) is 0 Å². The van der Waals surface area contributed by atoms with E-state index in [1.807, 2.05) is 0 Å². The zero-order chi connectivity index (χ0) is 24.7. The number of amides is 3. The summed E-state index contributed by atoms with van der Waals surface area (Å²) in [5.74, 6) is -2.86. The second-order valence-corrected chi connectivity index (χ2v) is 8.37. The number of thiol groups is 1. The number of aromatic amines is 2. The van der Waals surface area contributed by atoms with Crippen molar-refractivity contribution in [2.75, 3.05) is 12.3 Å². The van der Waals surface area contributed by atoms with Crippen LogP contribution in [0, 0.1) is 0 Å². The molecule has 0 radical (unpaired) electrons. The number of nitrogens with one attached hydrogen (secondary N) is 4. The quantitative estimate of drug-likeness (QED) is 0.178. The summed E-state index contributed by atoms with van der Waals surface area (Å²) in [6, 6.07) is -4.01. The average molecular weight is 493 g/mol. The fraction of sp³-hybridized carbons (Fsp3) is 0.500. The highest BCUT2D eigenvalue weighted by atomic mass is 32.1. The van der Waals surface area contributed by atoms with Crippen molar-refractivity contribution in [3.63, 3.8) is 0 Å². The molecule has 4 unspecified atom stereocenters. The first-order valence-corrected chi connectivity index (χ1v) is 11.4. The Kier molecular flexibility index (Phi) is 8.65. The Morgan fingerprint density at radius 2 is 1.71 bits per heavy atom. The average Bonchev–Trinajstić information content (AvgIpc) is 3.58. The molecule has 1 fully saturated rings. The molecule has 4 atom stereocenters. The van der Waals surface area contributed by atoms with Gasteiger partial charge < -0.3 is 36.3 Å². The third kappa shape index (κ3) is 6.35. The Balaban J connectivity index is 1.68. The molecule has 34 heavy (non-hydrogen) atoms. The molecule has 3 amide bonds. The molecule has 3 rings (SSSR count). The standard InChI is InChI=1S/C20H28N8O5S/c21-13(4-11-6-22-9-24-11)17(29)27-15(8-34)18(30)26-14(5-12-7-23-10-25-12)19(31)28-3-1-2-16(28)20(32)33/h6-7,9-10,13-16,34H,1-5,8,21H2,(H,22,24)(H,23,25)(H,26,30)(H,27,29)(H,32,33). The van der Waals surface area contributed by atoms with E-state index in [-0.39, 0.29) is 25.1 Å². The lowest BCUT2D eigenvalue weighted by Crippen LogP contribution is -2.58. The lowest BCUT2D eigenvalue weighted by molar-refractivity contribution is -0.149. The van der Waals surface area contributed by atoms with Gasteiger partial charge in [0.2, 0.25) is 17.7 Å². The first-order valence-electron chi connectivity index (χ1n) is 10.7. The molecule has 1 saturated heterocycles. The minimum absolute atomic E-state index is 0.0409. The zero-order valence-electron chi connectivity index (χ0n) is 18.3. The maximum atomic E-state index is 13.2. The second-order valence-electron chi connectivity index (χ2n) is 8.00. The second kappa shape index (κ2) is 11.7. The van der Waals surface area contributed by atoms with Gasteiger partial charge in [-0.3, -0.25) is 14.4 Å². The Hall–Kier alpha value is -3.39. The van der Waals surface area contributed by atoms with Gasteiger partial charge in [-0.25, -0.2) is 14.8 Å². The van der Waals surface area contributed by atoms with Gasteiger partial charge in [0.1, 0.15) is 18.1 Å². The van der Waals surface area contributed by atoms with E-state index < -0.39 is 47.9 Å². The Morgan fingerprint density at radius 3 is 2.26 bits per heavy atom. The van der Waals surface area contributed by atoms with E-state index in [1.54, 1.807) is 6.20 Å². The summed E-state index contributed by atoms with van der Waals surface area (Å²) in [5, 5.41) is 14.6. The summed E-state index contributed by atoms with van der Waals surface area (Å²) in [5.41, 5.74) is 7.18. The molecule has 2 aromatic rings. The normalized spacial score (nSPS) is 18.2. The van der Waals surface area contributed by atoms with Gasteiger partial charge in [-0.1, -0.05) is 0 Å². The number of carbonyl (C=O) groups excluding carboxylic acids is 3. The van der Waals surface area contributed by atoms with E-state index in [0.29, 0.717) is 24.2 Å². The molecule has 0 aromatic carbocycles. The number of likely N-dealkylation sites (tertiary alicyclic amines) is 1. The van der Waals surface area contributed by atoms with E-state index >= 15 is 0 Å². The predicted molar refractivity (Wildman–Crippen MR) is 123 cm³/mol. The highest BCUT2D eigenvalue weighted by Gasteiger charge is 2.38. The van der Waals surface area contributed by atoms with Crippen molar-refractivity contribution in [3.8, 4) is 0 Å². The van der Waals surface area contributed by atoms with Crippen molar-refractivity contribution < 1.29 is 24.3 Å². The van der Waals surface area contributed by atoms with Crippen LogP contribution >= 0.6 is 12.6 Å². The fourth-order valence-corrected chi connectivity index (χ4v) is 4.03. The van der Waals surface area contributed by atoms with Gasteiger partial charge >= 0.3 is 5.97 Å². The third-order valence-electron chi connectivity index (χ3n) is 5.56. The molecule has 13 nitrogen and oxygen atoms in total. The highest BCUT2D eigenvalue weighted by molar-refractivity contribution is 7.80. The molecule has 14 heteroatoms. The molecule has 0 saturated carbocycles. The lowest BCUT2D eigenvalue weighted by Gasteiger charge is -2.28. The number of aromatic nitrogens is 4. The lowest BCUT2D eigenvalue weighted by atomic mass is 10.1. The molecular formula is C20H28N8O5S. The number of hydrogen-bond acceptors (Lipinski definition) is 8. The van der Waals surface area contributed by atoms with Gasteiger partial charge in [0, 0.05) is 48.9 Å². The number of aliphatic carboxylic acids is 1. The number of carboxylic acid groups (broad SMARTS) is 1. The first-order chi connectivity index (χ1) is 16.3. The van der Waals surface area contributed by atoms with E-state index in [2.05, 4.69) is 43.2 Å². The van der Waals surface area contributed by atoms with Gasteiger partial charge in [0.25, 0.3) is 0 Å². The van der Waals surface area contributed by atoms with Gasteiger partial charge in [0.05, 0.1) is 18.7 Å². The highest BCUT2D eigenvalue weighted by Crippen LogP contribution is 2.19. The van der Waals surface area contributed by atoms with Crippen molar-refractivity contribution in [3.05, 3.63) is 36.4 Å². The van der Waals surface area contributed by atoms with Gasteiger partial charge in [-0.2, -0.15) is 12.6 Å². The topological polar surface area (TPSA) is 199 Å². The smallest absolute Gasteiger partial charge is 0.326 e. The van der Waals surface area contributed by atoms with Crippen LogP contribution in [0.3, 0.4) is 0 Å². The number of carbonyl (C=O) groups is 4. The number of imidazole rings is 2. The number of nitrogens with two attached hydrogens (primary N) is 1. The third-order valence-corrected chi connectivity index (χ3v) is 5.93. The van der Waals surface area contributed by atoms with Gasteiger partial charge in [0.15, 0.2) is 0 Å². The summed E-state index contributed by atoms with van der Waals surface area (Å²) in [6.45, 7) is 0.278. The molecule has 3 heterocycles. The van der Waals surface area contributed by atoms with Crippen LogP contribution in [0.4, 0.5) is 0 Å². The van der Waals surface area contributed by atoms with Crippen LogP contribution in [0.25, 0.3) is 0 Å². The number of hydrogen-bond donors (Lipinski definition) is 7. The summed E-state index contributed by atoms with van der Waals surface area (Å²) in [7, 11) is 0. The number of H-pyrrole nitrogens is 2. The van der Waals surface area contributed by atoms with E-state index in [9.17, 15) is 24.3 Å². The largest absolute Gasteiger partial charge is 0.480 e. The molecule has 1 aliphatic rings. The zero-order valence-corrected chi connectivity index (χ0v) is 19.2. The minimum atomic E-state index is -1.09. The van der Waals surface area contributed by atoms with Crippen LogP contribution in [0.5, 0.6) is 0 Å². The van der Waals surface area contributed by atoms with Crippen LogP contribution in [-0.4, -0.2) is 90.1 Å².